The van der Waals surface area contributed by atoms with Crippen LogP contribution in [0.2, 0.25) is 0 Å². The standard InChI is InChI=1S/C32H43FN2O2S.BrH/c1-3-4-5-6-7-8-9-10-11-12-13-14-20-37-31-19-18-28(22-30(31)33)32(36)34-29-17-15-16-27(21-29)23-35-25-38-24-26(35)2;/h15-19,21-22,24-25H,3-14,20,23H2,1-2H3;1H. The fraction of sp³-hybridized carbons (Fsp3) is 0.500. The van der Waals surface area contributed by atoms with Gasteiger partial charge in [-0.05, 0) is 36.8 Å². The minimum Gasteiger partial charge on any atom is -1.00 e. The number of halogens is 2. The maximum atomic E-state index is 14.6. The van der Waals surface area contributed by atoms with Crippen LogP contribution in [0, 0.1) is 12.7 Å². The lowest BCUT2D eigenvalue weighted by molar-refractivity contribution is -0.689. The Morgan fingerprint density at radius 3 is 2.21 bits per heavy atom. The van der Waals surface area contributed by atoms with Gasteiger partial charge in [-0.2, -0.15) is 4.57 Å². The molecule has 1 heterocycles. The van der Waals surface area contributed by atoms with E-state index in [0.29, 0.717) is 12.3 Å². The second-order valence-corrected chi connectivity index (χ2v) is 10.9. The molecule has 0 radical (unpaired) electrons. The van der Waals surface area contributed by atoms with E-state index in [0.717, 1.165) is 24.9 Å². The zero-order valence-corrected chi connectivity index (χ0v) is 25.9. The van der Waals surface area contributed by atoms with Crippen molar-refractivity contribution in [1.82, 2.24) is 0 Å². The molecule has 0 unspecified atom stereocenters. The van der Waals surface area contributed by atoms with E-state index in [9.17, 15) is 9.18 Å². The van der Waals surface area contributed by atoms with Gasteiger partial charge in [-0.3, -0.25) is 4.79 Å². The number of unbranched alkanes of at least 4 members (excludes halogenated alkanes) is 11. The van der Waals surface area contributed by atoms with Crippen LogP contribution in [0.4, 0.5) is 10.1 Å². The molecule has 0 saturated carbocycles. The van der Waals surface area contributed by atoms with Gasteiger partial charge < -0.3 is 27.0 Å². The number of benzene rings is 2. The van der Waals surface area contributed by atoms with Crippen LogP contribution < -0.4 is 31.6 Å². The summed E-state index contributed by atoms with van der Waals surface area (Å²) in [5, 5.41) is 4.99. The second-order valence-electron chi connectivity index (χ2n) is 10.2. The number of hydrogen-bond donors (Lipinski definition) is 1. The first-order valence-electron chi connectivity index (χ1n) is 14.3. The molecule has 0 bridgehead atoms. The van der Waals surface area contributed by atoms with Crippen LogP contribution in [0.3, 0.4) is 0 Å². The van der Waals surface area contributed by atoms with Crippen molar-refractivity contribution in [2.24, 2.45) is 0 Å². The third-order valence-electron chi connectivity index (χ3n) is 6.87. The first-order valence-corrected chi connectivity index (χ1v) is 15.3. The molecule has 3 aromatic rings. The molecule has 4 nitrogen and oxygen atoms in total. The number of rotatable bonds is 18. The van der Waals surface area contributed by atoms with Gasteiger partial charge in [0.25, 0.3) is 5.91 Å². The Kier molecular flexibility index (Phi) is 16.0. The molecule has 214 valence electrons. The number of carbonyl (C=O) groups is 1. The normalized spacial score (nSPS) is 10.7. The quantitative estimate of drug-likeness (QED) is 0.143. The Morgan fingerprint density at radius 1 is 0.923 bits per heavy atom. The molecule has 39 heavy (non-hydrogen) atoms. The molecule has 0 saturated heterocycles. The van der Waals surface area contributed by atoms with Gasteiger partial charge in [0.2, 0.25) is 5.51 Å². The number of hydrogen-bond acceptors (Lipinski definition) is 3. The summed E-state index contributed by atoms with van der Waals surface area (Å²) in [5.41, 5.74) is 5.32. The first-order chi connectivity index (χ1) is 18.6. The van der Waals surface area contributed by atoms with E-state index >= 15 is 0 Å². The number of ether oxygens (including phenoxy) is 1. The highest BCUT2D eigenvalue weighted by Crippen LogP contribution is 2.21. The first kappa shape index (κ1) is 33.0. The van der Waals surface area contributed by atoms with Crippen molar-refractivity contribution in [3.8, 4) is 5.75 Å². The highest BCUT2D eigenvalue weighted by atomic mass is 79.9. The van der Waals surface area contributed by atoms with Gasteiger partial charge in [-0.1, -0.05) is 101 Å². The molecular formula is C32H44BrFN2O2S. The second kappa shape index (κ2) is 18.9. The van der Waals surface area contributed by atoms with Crippen molar-refractivity contribution in [2.75, 3.05) is 11.9 Å². The molecule has 1 amide bonds. The zero-order chi connectivity index (χ0) is 27.0. The van der Waals surface area contributed by atoms with Crippen LogP contribution in [0.1, 0.15) is 106 Å². The summed E-state index contributed by atoms with van der Waals surface area (Å²) in [6, 6.07) is 12.2. The van der Waals surface area contributed by atoms with Crippen LogP contribution >= 0.6 is 11.3 Å². The predicted octanol–water partition coefficient (Wildman–Crippen LogP) is 5.87. The van der Waals surface area contributed by atoms with Gasteiger partial charge in [0, 0.05) is 23.7 Å². The Balaban J connectivity index is 0.00000533. The average Bonchev–Trinajstić information content (AvgIpc) is 3.31. The van der Waals surface area contributed by atoms with Gasteiger partial charge >= 0.3 is 0 Å². The average molecular weight is 620 g/mol. The molecule has 2 aromatic carbocycles. The number of anilines is 1. The third-order valence-corrected chi connectivity index (χ3v) is 7.72. The number of nitrogens with zero attached hydrogens (tertiary/aromatic N) is 1. The van der Waals surface area contributed by atoms with E-state index in [2.05, 4.69) is 34.6 Å². The van der Waals surface area contributed by atoms with E-state index in [-0.39, 0.29) is 34.2 Å². The van der Waals surface area contributed by atoms with Crippen molar-refractivity contribution in [3.63, 3.8) is 0 Å². The summed E-state index contributed by atoms with van der Waals surface area (Å²) in [7, 11) is 0. The summed E-state index contributed by atoms with van der Waals surface area (Å²) in [6.07, 6.45) is 15.3. The number of nitrogens with one attached hydrogen (secondary N) is 1. The van der Waals surface area contributed by atoms with Crippen LogP contribution in [0.5, 0.6) is 5.75 Å². The molecule has 0 fully saturated rings. The van der Waals surface area contributed by atoms with Crippen molar-refractivity contribution < 1.29 is 35.5 Å². The fourth-order valence-electron chi connectivity index (χ4n) is 4.55. The molecule has 1 N–H and O–H groups in total. The largest absolute Gasteiger partial charge is 1.00 e. The summed E-state index contributed by atoms with van der Waals surface area (Å²) in [6.45, 7) is 5.56. The Bertz CT molecular complexity index is 1120. The minimum absolute atomic E-state index is 0. The fourth-order valence-corrected chi connectivity index (χ4v) is 5.33. The van der Waals surface area contributed by atoms with Crippen LogP contribution in [-0.4, -0.2) is 12.5 Å². The SMILES string of the molecule is CCCCCCCCCCCCCCOc1ccc(C(=O)Nc2cccc(C[n+]3cscc3C)c2)cc1F.[Br-]. The molecule has 0 spiro atoms. The number of carbonyl (C=O) groups excluding carboxylic acids is 1. The van der Waals surface area contributed by atoms with E-state index in [1.54, 1.807) is 23.5 Å². The van der Waals surface area contributed by atoms with Crippen molar-refractivity contribution in [3.05, 3.63) is 76.0 Å². The Hall–Kier alpha value is -2.25. The smallest absolute Gasteiger partial charge is 0.255 e. The lowest BCUT2D eigenvalue weighted by Gasteiger charge is -2.10. The predicted molar refractivity (Wildman–Crippen MR) is 156 cm³/mol. The number of thiazole rings is 1. The molecule has 3 rings (SSSR count). The molecular weight excluding hydrogens is 575 g/mol. The summed E-state index contributed by atoms with van der Waals surface area (Å²) in [5.74, 6) is -0.641. The number of aromatic nitrogens is 1. The maximum absolute atomic E-state index is 14.6. The molecule has 7 heteroatoms. The lowest BCUT2D eigenvalue weighted by Crippen LogP contribution is -3.00. The number of amides is 1. The Labute approximate surface area is 248 Å². The lowest BCUT2D eigenvalue weighted by atomic mass is 10.1. The number of aryl methyl sites for hydroxylation is 1. The monoisotopic (exact) mass is 618 g/mol. The highest BCUT2D eigenvalue weighted by molar-refractivity contribution is 7.07. The topological polar surface area (TPSA) is 42.2 Å². The molecule has 0 aliphatic carbocycles. The third kappa shape index (κ3) is 12.2. The van der Waals surface area contributed by atoms with Crippen LogP contribution in [0.25, 0.3) is 0 Å². The van der Waals surface area contributed by atoms with E-state index in [4.69, 9.17) is 4.74 Å². The minimum atomic E-state index is -0.505. The summed E-state index contributed by atoms with van der Waals surface area (Å²) in [4.78, 5) is 12.7. The van der Waals surface area contributed by atoms with Gasteiger partial charge in [0.15, 0.2) is 23.8 Å². The highest BCUT2D eigenvalue weighted by Gasteiger charge is 2.13. The molecule has 1 aromatic heterocycles. The van der Waals surface area contributed by atoms with Crippen LogP contribution in [0.15, 0.2) is 53.4 Å². The van der Waals surface area contributed by atoms with E-state index in [1.807, 2.05) is 24.3 Å². The summed E-state index contributed by atoms with van der Waals surface area (Å²) < 4.78 is 22.4. The van der Waals surface area contributed by atoms with E-state index < -0.39 is 5.82 Å². The summed E-state index contributed by atoms with van der Waals surface area (Å²) >= 11 is 1.66. The molecule has 0 atom stereocenters. The molecule has 0 aliphatic heterocycles. The Morgan fingerprint density at radius 2 is 1.59 bits per heavy atom. The van der Waals surface area contributed by atoms with Gasteiger partial charge in [0.1, 0.15) is 0 Å². The van der Waals surface area contributed by atoms with Gasteiger partial charge in [-0.15, -0.1) is 0 Å². The van der Waals surface area contributed by atoms with Crippen molar-refractivity contribution >= 4 is 22.9 Å². The van der Waals surface area contributed by atoms with Crippen LogP contribution in [-0.2, 0) is 6.54 Å². The van der Waals surface area contributed by atoms with E-state index in [1.165, 1.54) is 76.0 Å². The van der Waals surface area contributed by atoms with Gasteiger partial charge in [-0.25, -0.2) is 4.39 Å². The van der Waals surface area contributed by atoms with Gasteiger partial charge in [0.05, 0.1) is 12.0 Å². The zero-order valence-electron chi connectivity index (χ0n) is 23.5. The molecule has 0 aliphatic rings. The van der Waals surface area contributed by atoms with Crippen molar-refractivity contribution in [2.45, 2.75) is 97.4 Å². The van der Waals surface area contributed by atoms with Crippen molar-refractivity contribution in [1.29, 1.82) is 0 Å². The maximum Gasteiger partial charge on any atom is 0.255 e.